The van der Waals surface area contributed by atoms with Crippen molar-refractivity contribution in [1.29, 1.82) is 0 Å². The molecule has 4 rings (SSSR count). The smallest absolute Gasteiger partial charge is 0.324 e. The molecule has 5 nitrogen and oxygen atoms in total. The first-order valence-corrected chi connectivity index (χ1v) is 8.24. The molecule has 0 N–H and O–H groups in total. The molecule has 126 valence electrons. The number of hydrogen-bond donors (Lipinski definition) is 0. The van der Waals surface area contributed by atoms with Gasteiger partial charge < -0.3 is 4.74 Å². The number of anilines is 1. The Kier molecular flexibility index (Phi) is 3.46. The summed E-state index contributed by atoms with van der Waals surface area (Å²) in [6.45, 7) is 3.70. The van der Waals surface area contributed by atoms with E-state index in [0.29, 0.717) is 11.4 Å². The average Bonchev–Trinajstić information content (AvgIpc) is 2.60. The Hall–Kier alpha value is -2.95. The van der Waals surface area contributed by atoms with Gasteiger partial charge >= 0.3 is 5.97 Å². The highest BCUT2D eigenvalue weighted by Gasteiger charge is 2.54. The second-order valence-electron chi connectivity index (χ2n) is 6.60. The van der Waals surface area contributed by atoms with Gasteiger partial charge in [-0.25, -0.2) is 4.90 Å². The second kappa shape index (κ2) is 5.55. The van der Waals surface area contributed by atoms with Crippen molar-refractivity contribution in [3.63, 3.8) is 0 Å². The van der Waals surface area contributed by atoms with Crippen molar-refractivity contribution in [2.24, 2.45) is 11.8 Å². The number of ether oxygens (including phenoxy) is 1. The van der Waals surface area contributed by atoms with Crippen LogP contribution in [-0.4, -0.2) is 17.8 Å². The summed E-state index contributed by atoms with van der Waals surface area (Å²) in [6.07, 6.45) is 0. The van der Waals surface area contributed by atoms with Gasteiger partial charge in [0.2, 0.25) is 11.8 Å². The number of esters is 1. The Morgan fingerprint density at radius 3 is 2.32 bits per heavy atom. The van der Waals surface area contributed by atoms with Crippen LogP contribution in [0, 0.1) is 18.8 Å². The van der Waals surface area contributed by atoms with Crippen LogP contribution in [0.5, 0.6) is 5.75 Å². The predicted octanol–water partition coefficient (Wildman–Crippen LogP) is 2.82. The van der Waals surface area contributed by atoms with Gasteiger partial charge in [0.15, 0.2) is 0 Å². The molecular formula is C20H17NO4. The molecule has 2 aliphatic heterocycles. The zero-order valence-electron chi connectivity index (χ0n) is 13.9. The number of amides is 2. The summed E-state index contributed by atoms with van der Waals surface area (Å²) in [5.41, 5.74) is 2.25. The number of carbonyl (C=O) groups excluding carboxylic acids is 3. The maximum Gasteiger partial charge on any atom is 0.324 e. The standard InChI is InChI=1S/C20H17NO4/c1-11-7-9-13(10-8-11)21-18(22)12(2)16-14-5-3-4-6-15(14)25-20(24)17(16)19(21)23/h3-10,12,16-17H,1-2H3/t12-,16-,17+/m1/s1. The summed E-state index contributed by atoms with van der Waals surface area (Å²) >= 11 is 0. The molecule has 0 saturated carbocycles. The van der Waals surface area contributed by atoms with Gasteiger partial charge in [-0.15, -0.1) is 0 Å². The molecule has 2 aliphatic rings. The van der Waals surface area contributed by atoms with Crippen LogP contribution in [0.25, 0.3) is 0 Å². The van der Waals surface area contributed by atoms with Crippen LogP contribution in [0.3, 0.4) is 0 Å². The maximum absolute atomic E-state index is 13.0. The molecule has 2 aromatic rings. The zero-order valence-corrected chi connectivity index (χ0v) is 13.9. The van der Waals surface area contributed by atoms with E-state index in [9.17, 15) is 14.4 Å². The fourth-order valence-corrected chi connectivity index (χ4v) is 3.71. The normalized spacial score (nSPS) is 25.3. The van der Waals surface area contributed by atoms with Crippen LogP contribution >= 0.6 is 0 Å². The first-order valence-electron chi connectivity index (χ1n) is 8.24. The van der Waals surface area contributed by atoms with E-state index in [1.165, 1.54) is 0 Å². The van der Waals surface area contributed by atoms with Crippen LogP contribution in [-0.2, 0) is 14.4 Å². The summed E-state index contributed by atoms with van der Waals surface area (Å²) in [4.78, 5) is 39.6. The van der Waals surface area contributed by atoms with E-state index in [0.717, 1.165) is 16.0 Å². The molecular weight excluding hydrogens is 318 g/mol. The second-order valence-corrected chi connectivity index (χ2v) is 6.60. The van der Waals surface area contributed by atoms with Crippen LogP contribution in [0.2, 0.25) is 0 Å². The van der Waals surface area contributed by atoms with Gasteiger partial charge in [-0.3, -0.25) is 14.4 Å². The fraction of sp³-hybridized carbons (Fsp3) is 0.250. The predicted molar refractivity (Wildman–Crippen MR) is 91.1 cm³/mol. The van der Waals surface area contributed by atoms with Crippen LogP contribution < -0.4 is 9.64 Å². The highest BCUT2D eigenvalue weighted by atomic mass is 16.5. The van der Waals surface area contributed by atoms with Crippen molar-refractivity contribution in [2.75, 3.05) is 4.90 Å². The Morgan fingerprint density at radius 1 is 0.920 bits per heavy atom. The van der Waals surface area contributed by atoms with Crippen molar-refractivity contribution in [3.8, 4) is 5.75 Å². The molecule has 0 spiro atoms. The minimum absolute atomic E-state index is 0.292. The molecule has 0 aromatic heterocycles. The number of hydrogen-bond acceptors (Lipinski definition) is 4. The number of rotatable bonds is 1. The first kappa shape index (κ1) is 15.6. The number of nitrogens with zero attached hydrogens (tertiary/aromatic N) is 1. The number of fused-ring (bicyclic) bond motifs is 3. The Labute approximate surface area is 145 Å². The van der Waals surface area contributed by atoms with Gasteiger partial charge in [0.25, 0.3) is 0 Å². The van der Waals surface area contributed by atoms with Gasteiger partial charge in [-0.05, 0) is 25.1 Å². The lowest BCUT2D eigenvalue weighted by Gasteiger charge is -2.41. The summed E-state index contributed by atoms with van der Waals surface area (Å²) in [7, 11) is 0. The van der Waals surface area contributed by atoms with Gasteiger partial charge in [-0.2, -0.15) is 0 Å². The van der Waals surface area contributed by atoms with Crippen LogP contribution in [0.4, 0.5) is 5.69 Å². The van der Waals surface area contributed by atoms with E-state index in [2.05, 4.69) is 0 Å². The summed E-state index contributed by atoms with van der Waals surface area (Å²) < 4.78 is 5.36. The van der Waals surface area contributed by atoms with E-state index in [4.69, 9.17) is 4.74 Å². The highest BCUT2D eigenvalue weighted by molar-refractivity contribution is 6.23. The SMILES string of the molecule is Cc1ccc(N2C(=O)[C@H]3C(=O)Oc4ccccc4[C@H]3[C@@H](C)C2=O)cc1. The van der Waals surface area contributed by atoms with E-state index in [1.807, 2.05) is 31.2 Å². The molecule has 2 aromatic carbocycles. The lowest BCUT2D eigenvalue weighted by molar-refractivity contribution is -0.151. The largest absolute Gasteiger partial charge is 0.426 e. The minimum atomic E-state index is -0.996. The quantitative estimate of drug-likeness (QED) is 0.348. The minimum Gasteiger partial charge on any atom is -0.426 e. The lowest BCUT2D eigenvalue weighted by Crippen LogP contribution is -2.57. The van der Waals surface area contributed by atoms with Gasteiger partial charge in [0.05, 0.1) is 5.69 Å². The molecule has 0 bridgehead atoms. The molecule has 0 unspecified atom stereocenters. The molecule has 1 saturated heterocycles. The molecule has 2 amide bonds. The number of para-hydroxylation sites is 1. The lowest BCUT2D eigenvalue weighted by atomic mass is 9.72. The van der Waals surface area contributed by atoms with Crippen molar-refractivity contribution in [1.82, 2.24) is 0 Å². The Balaban J connectivity index is 1.81. The van der Waals surface area contributed by atoms with Crippen LogP contribution in [0.15, 0.2) is 48.5 Å². The van der Waals surface area contributed by atoms with E-state index in [-0.39, 0.29) is 5.91 Å². The van der Waals surface area contributed by atoms with Crippen molar-refractivity contribution < 1.29 is 19.1 Å². The number of piperidine rings is 1. The van der Waals surface area contributed by atoms with Crippen molar-refractivity contribution in [3.05, 3.63) is 59.7 Å². The maximum atomic E-state index is 13.0. The van der Waals surface area contributed by atoms with E-state index < -0.39 is 29.6 Å². The molecule has 0 radical (unpaired) electrons. The van der Waals surface area contributed by atoms with Gasteiger partial charge in [0.1, 0.15) is 11.7 Å². The number of aryl methyl sites for hydroxylation is 1. The highest BCUT2D eigenvalue weighted by Crippen LogP contribution is 2.46. The fourth-order valence-electron chi connectivity index (χ4n) is 3.71. The monoisotopic (exact) mass is 335 g/mol. The molecule has 1 fully saturated rings. The summed E-state index contributed by atoms with van der Waals surface area (Å²) in [5.74, 6) is -2.95. The van der Waals surface area contributed by atoms with E-state index in [1.54, 1.807) is 31.2 Å². The van der Waals surface area contributed by atoms with Gasteiger partial charge in [0, 0.05) is 17.4 Å². The molecule has 3 atom stereocenters. The Morgan fingerprint density at radius 2 is 1.60 bits per heavy atom. The third kappa shape index (κ3) is 2.27. The summed E-state index contributed by atoms with van der Waals surface area (Å²) in [6, 6.07) is 14.2. The zero-order chi connectivity index (χ0) is 17.7. The number of benzene rings is 2. The molecule has 5 heteroatoms. The number of carbonyl (C=O) groups is 3. The average molecular weight is 335 g/mol. The van der Waals surface area contributed by atoms with Gasteiger partial charge in [-0.1, -0.05) is 42.8 Å². The number of imide groups is 1. The van der Waals surface area contributed by atoms with Crippen LogP contribution in [0.1, 0.15) is 24.0 Å². The molecule has 25 heavy (non-hydrogen) atoms. The Bertz CT molecular complexity index is 887. The molecule has 0 aliphatic carbocycles. The van der Waals surface area contributed by atoms with Crippen molar-refractivity contribution in [2.45, 2.75) is 19.8 Å². The molecule has 2 heterocycles. The topological polar surface area (TPSA) is 63.7 Å². The third-order valence-electron chi connectivity index (χ3n) is 5.03. The van der Waals surface area contributed by atoms with E-state index >= 15 is 0 Å². The summed E-state index contributed by atoms with van der Waals surface area (Å²) in [5, 5.41) is 0. The van der Waals surface area contributed by atoms with Crippen molar-refractivity contribution >= 4 is 23.5 Å². The first-order chi connectivity index (χ1) is 12.0. The third-order valence-corrected chi connectivity index (χ3v) is 5.03.